The second-order valence-electron chi connectivity index (χ2n) is 3.20. The Hall–Kier alpha value is -1.75. The van der Waals surface area contributed by atoms with Gasteiger partial charge in [0.2, 0.25) is 0 Å². The van der Waals surface area contributed by atoms with Crippen LogP contribution in [0.3, 0.4) is 0 Å². The molecule has 0 aliphatic carbocycles. The summed E-state index contributed by atoms with van der Waals surface area (Å²) in [5, 5.41) is 6.64. The highest BCUT2D eigenvalue weighted by molar-refractivity contribution is 6.31. The number of nitrogens with one attached hydrogen (secondary N) is 1. The Labute approximate surface area is 96.2 Å². The Morgan fingerprint density at radius 2 is 2.31 bits per heavy atom. The lowest BCUT2D eigenvalue weighted by atomic mass is 10.2. The van der Waals surface area contributed by atoms with Crippen molar-refractivity contribution in [2.45, 2.75) is 6.54 Å². The van der Waals surface area contributed by atoms with Crippen LogP contribution in [-0.4, -0.2) is 5.16 Å². The van der Waals surface area contributed by atoms with E-state index in [2.05, 4.69) is 15.0 Å². The highest BCUT2D eigenvalue weighted by atomic mass is 35.5. The summed E-state index contributed by atoms with van der Waals surface area (Å²) in [6.07, 6.45) is 1.46. The van der Waals surface area contributed by atoms with Crippen LogP contribution in [0.1, 0.15) is 5.69 Å². The fourth-order valence-corrected chi connectivity index (χ4v) is 1.40. The molecular formula is C10H9ClFN3O. The molecule has 0 spiro atoms. The van der Waals surface area contributed by atoms with Gasteiger partial charge in [-0.3, -0.25) is 0 Å². The summed E-state index contributed by atoms with van der Waals surface area (Å²) in [4.78, 5) is 0. The van der Waals surface area contributed by atoms with Gasteiger partial charge in [-0.25, -0.2) is 4.39 Å². The third-order valence-electron chi connectivity index (χ3n) is 2.04. The first-order valence-corrected chi connectivity index (χ1v) is 4.92. The largest absolute Gasteiger partial charge is 0.397 e. The van der Waals surface area contributed by atoms with E-state index in [4.69, 9.17) is 17.3 Å². The molecule has 0 amide bonds. The van der Waals surface area contributed by atoms with Gasteiger partial charge in [0.15, 0.2) is 0 Å². The summed E-state index contributed by atoms with van der Waals surface area (Å²) >= 11 is 5.58. The fourth-order valence-electron chi connectivity index (χ4n) is 1.23. The molecule has 2 rings (SSSR count). The topological polar surface area (TPSA) is 64.1 Å². The van der Waals surface area contributed by atoms with Crippen LogP contribution < -0.4 is 11.1 Å². The summed E-state index contributed by atoms with van der Waals surface area (Å²) in [5.41, 5.74) is 7.24. The van der Waals surface area contributed by atoms with E-state index in [0.29, 0.717) is 23.6 Å². The first-order chi connectivity index (χ1) is 7.66. The van der Waals surface area contributed by atoms with Crippen LogP contribution in [0.15, 0.2) is 29.0 Å². The second-order valence-corrected chi connectivity index (χ2v) is 3.61. The van der Waals surface area contributed by atoms with Gasteiger partial charge in [-0.15, -0.1) is 0 Å². The van der Waals surface area contributed by atoms with Gasteiger partial charge in [0.25, 0.3) is 0 Å². The van der Waals surface area contributed by atoms with Crippen molar-refractivity contribution < 1.29 is 8.91 Å². The molecule has 0 aliphatic rings. The van der Waals surface area contributed by atoms with Gasteiger partial charge >= 0.3 is 0 Å². The van der Waals surface area contributed by atoms with Crippen molar-refractivity contribution in [1.82, 2.24) is 5.16 Å². The standard InChI is InChI=1S/C10H9ClFN3O/c11-7-3-9(13)10(4-8(7)12)14-5-6-1-2-16-15-6/h1-4,14H,5,13H2. The quantitative estimate of drug-likeness (QED) is 0.811. The fraction of sp³-hybridized carbons (Fsp3) is 0.100. The molecule has 0 unspecified atom stereocenters. The van der Waals surface area contributed by atoms with Crippen LogP contribution in [0.2, 0.25) is 5.02 Å². The van der Waals surface area contributed by atoms with Crippen LogP contribution in [0, 0.1) is 5.82 Å². The van der Waals surface area contributed by atoms with Crippen LogP contribution >= 0.6 is 11.6 Å². The molecule has 0 radical (unpaired) electrons. The van der Waals surface area contributed by atoms with E-state index in [0.717, 1.165) is 0 Å². The average molecular weight is 242 g/mol. The molecule has 3 N–H and O–H groups in total. The molecule has 0 saturated carbocycles. The van der Waals surface area contributed by atoms with E-state index in [1.807, 2.05) is 0 Å². The minimum absolute atomic E-state index is 0.00415. The number of rotatable bonds is 3. The first kappa shape index (κ1) is 10.8. The molecule has 1 aromatic carbocycles. The van der Waals surface area contributed by atoms with Crippen molar-refractivity contribution in [3.63, 3.8) is 0 Å². The molecule has 16 heavy (non-hydrogen) atoms. The van der Waals surface area contributed by atoms with E-state index in [-0.39, 0.29) is 5.02 Å². The molecule has 0 fully saturated rings. The van der Waals surface area contributed by atoms with Gasteiger partial charge in [0, 0.05) is 12.1 Å². The van der Waals surface area contributed by atoms with Gasteiger partial charge in [-0.2, -0.15) is 0 Å². The Kier molecular flexibility index (Phi) is 2.96. The Bertz CT molecular complexity index is 487. The van der Waals surface area contributed by atoms with E-state index < -0.39 is 5.82 Å². The average Bonchev–Trinajstić information content (AvgIpc) is 2.74. The summed E-state index contributed by atoms with van der Waals surface area (Å²) < 4.78 is 17.8. The lowest BCUT2D eigenvalue weighted by Crippen LogP contribution is -2.03. The van der Waals surface area contributed by atoms with E-state index in [1.54, 1.807) is 6.07 Å². The molecule has 0 saturated heterocycles. The smallest absolute Gasteiger partial charge is 0.143 e. The minimum Gasteiger partial charge on any atom is -0.397 e. The Balaban J connectivity index is 2.12. The summed E-state index contributed by atoms with van der Waals surface area (Å²) in [7, 11) is 0. The predicted molar refractivity (Wildman–Crippen MR) is 59.7 cm³/mol. The number of anilines is 2. The van der Waals surface area contributed by atoms with Crippen LogP contribution in [0.25, 0.3) is 0 Å². The zero-order valence-corrected chi connectivity index (χ0v) is 8.96. The maximum atomic E-state index is 13.2. The number of aromatic nitrogens is 1. The third kappa shape index (κ3) is 2.25. The predicted octanol–water partition coefficient (Wildman–Crippen LogP) is 2.66. The Morgan fingerprint density at radius 1 is 1.50 bits per heavy atom. The molecule has 1 heterocycles. The van der Waals surface area contributed by atoms with Crippen molar-refractivity contribution >= 4 is 23.0 Å². The highest BCUT2D eigenvalue weighted by Gasteiger charge is 2.06. The normalized spacial score (nSPS) is 10.4. The van der Waals surface area contributed by atoms with Crippen LogP contribution in [0.5, 0.6) is 0 Å². The summed E-state index contributed by atoms with van der Waals surface area (Å²) in [6, 6.07) is 4.31. The maximum absolute atomic E-state index is 13.2. The highest BCUT2D eigenvalue weighted by Crippen LogP contribution is 2.26. The van der Waals surface area contributed by atoms with E-state index in [9.17, 15) is 4.39 Å². The number of benzene rings is 1. The minimum atomic E-state index is -0.515. The first-order valence-electron chi connectivity index (χ1n) is 4.54. The van der Waals surface area contributed by atoms with Crippen molar-refractivity contribution in [3.8, 4) is 0 Å². The maximum Gasteiger partial charge on any atom is 0.143 e. The van der Waals surface area contributed by atoms with E-state index >= 15 is 0 Å². The second kappa shape index (κ2) is 4.40. The van der Waals surface area contributed by atoms with Crippen molar-refractivity contribution in [2.24, 2.45) is 0 Å². The molecular weight excluding hydrogens is 233 g/mol. The number of hydrogen-bond donors (Lipinski definition) is 2. The molecule has 4 nitrogen and oxygen atoms in total. The SMILES string of the molecule is Nc1cc(Cl)c(F)cc1NCc1ccon1. The number of nitrogen functional groups attached to an aromatic ring is 1. The number of nitrogens with two attached hydrogens (primary N) is 1. The molecule has 2 aromatic rings. The number of halogens is 2. The molecule has 0 atom stereocenters. The summed E-state index contributed by atoms with van der Waals surface area (Å²) in [5.74, 6) is -0.515. The molecule has 0 bridgehead atoms. The molecule has 84 valence electrons. The van der Waals surface area contributed by atoms with Crippen LogP contribution in [0.4, 0.5) is 15.8 Å². The van der Waals surface area contributed by atoms with Gasteiger partial charge in [-0.1, -0.05) is 16.8 Å². The number of hydrogen-bond acceptors (Lipinski definition) is 4. The summed E-state index contributed by atoms with van der Waals surface area (Å²) in [6.45, 7) is 0.405. The van der Waals surface area contributed by atoms with Crippen molar-refractivity contribution in [3.05, 3.63) is 41.0 Å². The van der Waals surface area contributed by atoms with Crippen molar-refractivity contribution in [2.75, 3.05) is 11.1 Å². The molecule has 6 heteroatoms. The molecule has 0 aliphatic heterocycles. The monoisotopic (exact) mass is 241 g/mol. The zero-order chi connectivity index (χ0) is 11.5. The van der Waals surface area contributed by atoms with E-state index in [1.165, 1.54) is 18.4 Å². The van der Waals surface area contributed by atoms with Crippen LogP contribution in [-0.2, 0) is 6.54 Å². The lowest BCUT2D eigenvalue weighted by Gasteiger charge is -2.08. The van der Waals surface area contributed by atoms with Gasteiger partial charge in [0.1, 0.15) is 17.8 Å². The van der Waals surface area contributed by atoms with Gasteiger partial charge in [-0.05, 0) is 6.07 Å². The molecule has 1 aromatic heterocycles. The Morgan fingerprint density at radius 3 is 3.00 bits per heavy atom. The van der Waals surface area contributed by atoms with Gasteiger partial charge in [0.05, 0.1) is 22.9 Å². The van der Waals surface area contributed by atoms with Gasteiger partial charge < -0.3 is 15.6 Å². The van der Waals surface area contributed by atoms with Crippen molar-refractivity contribution in [1.29, 1.82) is 0 Å². The number of nitrogens with zero attached hydrogens (tertiary/aromatic N) is 1. The lowest BCUT2D eigenvalue weighted by molar-refractivity contribution is 0.412. The third-order valence-corrected chi connectivity index (χ3v) is 2.33. The zero-order valence-electron chi connectivity index (χ0n) is 8.21.